The first kappa shape index (κ1) is 15.0. The second-order valence-corrected chi connectivity index (χ2v) is 5.06. The van der Waals surface area contributed by atoms with E-state index in [0.717, 1.165) is 38.8 Å². The van der Waals surface area contributed by atoms with Gasteiger partial charge in [-0.15, -0.1) is 0 Å². The molecule has 1 fully saturated rings. The Balaban J connectivity index is 1.93. The number of aliphatic carboxylic acids is 1. The van der Waals surface area contributed by atoms with Gasteiger partial charge < -0.3 is 15.7 Å². The van der Waals surface area contributed by atoms with Crippen LogP contribution in [0.25, 0.3) is 0 Å². The molecule has 1 heterocycles. The average molecular weight is 256 g/mol. The van der Waals surface area contributed by atoms with Gasteiger partial charge in [0.25, 0.3) is 0 Å². The molecule has 1 unspecified atom stereocenters. The lowest BCUT2D eigenvalue weighted by Crippen LogP contribution is -2.49. The summed E-state index contributed by atoms with van der Waals surface area (Å²) in [6.07, 6.45) is 3.81. The molecule has 104 valence electrons. The molecule has 0 saturated carbocycles. The highest BCUT2D eigenvalue weighted by atomic mass is 16.4. The van der Waals surface area contributed by atoms with E-state index in [1.165, 1.54) is 0 Å². The van der Waals surface area contributed by atoms with Crippen LogP contribution in [0.15, 0.2) is 0 Å². The van der Waals surface area contributed by atoms with Crippen molar-refractivity contribution >= 4 is 11.9 Å². The molecule has 1 amide bonds. The van der Waals surface area contributed by atoms with E-state index in [1.807, 2.05) is 6.92 Å². The summed E-state index contributed by atoms with van der Waals surface area (Å²) in [6.45, 7) is 4.58. The predicted molar refractivity (Wildman–Crippen MR) is 69.3 cm³/mol. The number of carbonyl (C=O) groups is 2. The third-order valence-electron chi connectivity index (χ3n) is 3.55. The zero-order chi connectivity index (χ0) is 13.4. The summed E-state index contributed by atoms with van der Waals surface area (Å²) in [5, 5.41) is 14.6. The minimum absolute atomic E-state index is 0.0956. The third kappa shape index (κ3) is 5.49. The Morgan fingerprint density at radius 3 is 2.50 bits per heavy atom. The van der Waals surface area contributed by atoms with Crippen molar-refractivity contribution in [3.63, 3.8) is 0 Å². The van der Waals surface area contributed by atoms with Gasteiger partial charge in [-0.2, -0.15) is 0 Å². The number of unbranched alkanes of at least 4 members (excludes halogenated alkanes) is 3. The Labute approximate surface area is 108 Å². The van der Waals surface area contributed by atoms with Crippen molar-refractivity contribution in [3.05, 3.63) is 0 Å². The Morgan fingerprint density at radius 1 is 1.28 bits per heavy atom. The van der Waals surface area contributed by atoms with E-state index >= 15 is 0 Å². The average Bonchev–Trinajstić information content (AvgIpc) is 2.24. The monoisotopic (exact) mass is 256 g/mol. The number of carboxylic acid groups (broad SMARTS) is 1. The van der Waals surface area contributed by atoms with Crippen LogP contribution in [-0.4, -0.2) is 36.6 Å². The van der Waals surface area contributed by atoms with Crippen molar-refractivity contribution in [3.8, 4) is 0 Å². The van der Waals surface area contributed by atoms with Crippen LogP contribution in [0.3, 0.4) is 0 Å². The maximum atomic E-state index is 11.7. The number of carboxylic acids is 1. The van der Waals surface area contributed by atoms with Gasteiger partial charge in [0.2, 0.25) is 5.91 Å². The van der Waals surface area contributed by atoms with E-state index in [4.69, 9.17) is 5.11 Å². The Bertz CT molecular complexity index is 277. The fourth-order valence-electron chi connectivity index (χ4n) is 2.01. The van der Waals surface area contributed by atoms with Gasteiger partial charge in [-0.05, 0) is 31.8 Å². The maximum Gasteiger partial charge on any atom is 0.303 e. The molecule has 3 N–H and O–H groups in total. The molecule has 5 heteroatoms. The SMILES string of the molecule is CC(C(=O)NCCCCCCC(=O)O)C1CNC1. The highest BCUT2D eigenvalue weighted by Gasteiger charge is 2.28. The molecule has 0 radical (unpaired) electrons. The summed E-state index contributed by atoms with van der Waals surface area (Å²) in [5.74, 6) is -0.00269. The van der Waals surface area contributed by atoms with Crippen LogP contribution in [0.4, 0.5) is 0 Å². The molecule has 0 spiro atoms. The summed E-state index contributed by atoms with van der Waals surface area (Å²) in [6, 6.07) is 0. The molecular formula is C13H24N2O3. The van der Waals surface area contributed by atoms with Gasteiger partial charge in [0.15, 0.2) is 0 Å². The van der Waals surface area contributed by atoms with Gasteiger partial charge in [0, 0.05) is 18.9 Å². The quantitative estimate of drug-likeness (QED) is 0.538. The molecule has 0 aromatic heterocycles. The third-order valence-corrected chi connectivity index (χ3v) is 3.55. The minimum Gasteiger partial charge on any atom is -0.481 e. The lowest BCUT2D eigenvalue weighted by molar-refractivity contribution is -0.137. The Morgan fingerprint density at radius 2 is 1.94 bits per heavy atom. The zero-order valence-electron chi connectivity index (χ0n) is 11.1. The summed E-state index contributed by atoms with van der Waals surface area (Å²) in [7, 11) is 0. The van der Waals surface area contributed by atoms with E-state index < -0.39 is 5.97 Å². The maximum absolute atomic E-state index is 11.7. The highest BCUT2D eigenvalue weighted by Crippen LogP contribution is 2.15. The number of hydrogen-bond donors (Lipinski definition) is 3. The molecular weight excluding hydrogens is 232 g/mol. The first-order valence-corrected chi connectivity index (χ1v) is 6.81. The normalized spacial score (nSPS) is 16.9. The molecule has 0 bridgehead atoms. The second kappa shape index (κ2) is 8.08. The Kier molecular flexibility index (Phi) is 6.72. The zero-order valence-corrected chi connectivity index (χ0v) is 11.1. The van der Waals surface area contributed by atoms with Gasteiger partial charge in [-0.25, -0.2) is 0 Å². The molecule has 18 heavy (non-hydrogen) atoms. The van der Waals surface area contributed by atoms with Gasteiger partial charge in [-0.1, -0.05) is 19.8 Å². The number of amides is 1. The number of hydrogen-bond acceptors (Lipinski definition) is 3. The van der Waals surface area contributed by atoms with E-state index in [0.29, 0.717) is 12.5 Å². The molecule has 1 aliphatic heterocycles. The van der Waals surface area contributed by atoms with Crippen molar-refractivity contribution in [1.82, 2.24) is 10.6 Å². The van der Waals surface area contributed by atoms with Crippen LogP contribution in [0.2, 0.25) is 0 Å². The molecule has 0 aliphatic carbocycles. The van der Waals surface area contributed by atoms with Gasteiger partial charge in [0.1, 0.15) is 0 Å². The first-order valence-electron chi connectivity index (χ1n) is 6.81. The van der Waals surface area contributed by atoms with E-state index in [-0.39, 0.29) is 18.2 Å². The molecule has 5 nitrogen and oxygen atoms in total. The first-order chi connectivity index (χ1) is 8.61. The van der Waals surface area contributed by atoms with Crippen molar-refractivity contribution < 1.29 is 14.7 Å². The topological polar surface area (TPSA) is 78.4 Å². The lowest BCUT2D eigenvalue weighted by Gasteiger charge is -2.31. The van der Waals surface area contributed by atoms with Crippen molar-refractivity contribution in [2.24, 2.45) is 11.8 Å². The van der Waals surface area contributed by atoms with Crippen molar-refractivity contribution in [2.75, 3.05) is 19.6 Å². The van der Waals surface area contributed by atoms with Gasteiger partial charge in [-0.3, -0.25) is 9.59 Å². The fourth-order valence-corrected chi connectivity index (χ4v) is 2.01. The highest BCUT2D eigenvalue weighted by molar-refractivity contribution is 5.78. The van der Waals surface area contributed by atoms with Crippen LogP contribution >= 0.6 is 0 Å². The largest absolute Gasteiger partial charge is 0.481 e. The molecule has 0 aromatic rings. The van der Waals surface area contributed by atoms with E-state index in [2.05, 4.69) is 10.6 Å². The number of nitrogens with one attached hydrogen (secondary N) is 2. The van der Waals surface area contributed by atoms with E-state index in [1.54, 1.807) is 0 Å². The van der Waals surface area contributed by atoms with Crippen LogP contribution in [0, 0.1) is 11.8 Å². The lowest BCUT2D eigenvalue weighted by atomic mass is 9.88. The second-order valence-electron chi connectivity index (χ2n) is 5.06. The number of carbonyl (C=O) groups excluding carboxylic acids is 1. The molecule has 1 saturated heterocycles. The predicted octanol–water partition coefficient (Wildman–Crippen LogP) is 0.993. The molecule has 0 aromatic carbocycles. The molecule has 1 rings (SSSR count). The van der Waals surface area contributed by atoms with E-state index in [9.17, 15) is 9.59 Å². The molecule has 1 aliphatic rings. The standard InChI is InChI=1S/C13H24N2O3/c1-10(11-8-14-9-11)13(18)15-7-5-3-2-4-6-12(16)17/h10-11,14H,2-9H2,1H3,(H,15,18)(H,16,17). The van der Waals surface area contributed by atoms with Crippen LogP contribution in [0.5, 0.6) is 0 Å². The van der Waals surface area contributed by atoms with Crippen LogP contribution < -0.4 is 10.6 Å². The van der Waals surface area contributed by atoms with Crippen LogP contribution in [0.1, 0.15) is 39.0 Å². The van der Waals surface area contributed by atoms with Gasteiger partial charge >= 0.3 is 5.97 Å². The summed E-state index contributed by atoms with van der Waals surface area (Å²) < 4.78 is 0. The fraction of sp³-hybridized carbons (Fsp3) is 0.846. The van der Waals surface area contributed by atoms with Crippen LogP contribution in [-0.2, 0) is 9.59 Å². The summed E-state index contributed by atoms with van der Waals surface area (Å²) >= 11 is 0. The minimum atomic E-state index is -0.730. The Hall–Kier alpha value is -1.10. The van der Waals surface area contributed by atoms with Gasteiger partial charge in [0.05, 0.1) is 0 Å². The van der Waals surface area contributed by atoms with Crippen molar-refractivity contribution in [2.45, 2.75) is 39.0 Å². The summed E-state index contributed by atoms with van der Waals surface area (Å²) in [4.78, 5) is 22.0. The molecule has 1 atom stereocenters. The van der Waals surface area contributed by atoms with Crippen molar-refractivity contribution in [1.29, 1.82) is 0 Å². The number of rotatable bonds is 9. The summed E-state index contributed by atoms with van der Waals surface area (Å²) in [5.41, 5.74) is 0. The smallest absolute Gasteiger partial charge is 0.303 e.